The molecule has 0 atom stereocenters. The van der Waals surface area contributed by atoms with Crippen molar-refractivity contribution in [2.75, 3.05) is 52.4 Å². The van der Waals surface area contributed by atoms with E-state index in [-0.39, 0.29) is 0 Å². The number of carbonyl (C=O) groups excluding carboxylic acids is 1. The Labute approximate surface area is 117 Å². The van der Waals surface area contributed by atoms with Crippen molar-refractivity contribution in [3.8, 4) is 0 Å². The zero-order valence-corrected chi connectivity index (χ0v) is 12.4. The Morgan fingerprint density at radius 3 is 2.00 bits per heavy atom. The lowest BCUT2D eigenvalue weighted by Crippen LogP contribution is -2.47. The predicted molar refractivity (Wildman–Crippen MR) is 78.2 cm³/mol. The zero-order valence-electron chi connectivity index (χ0n) is 12.4. The summed E-state index contributed by atoms with van der Waals surface area (Å²) in [4.78, 5) is 19.2. The smallest absolute Gasteiger partial charge is 0.223 e. The van der Waals surface area contributed by atoms with E-state index in [0.29, 0.717) is 12.3 Å². The summed E-state index contributed by atoms with van der Waals surface area (Å²) in [5.41, 5.74) is 0. The molecule has 0 bridgehead atoms. The number of nitrogens with zero attached hydrogens (tertiary/aromatic N) is 3. The molecule has 2 saturated heterocycles. The SMILES string of the molecule is CCN1CCN(CCC(=O)N2CCCCCC2)CC1. The lowest BCUT2D eigenvalue weighted by atomic mass is 10.2. The van der Waals surface area contributed by atoms with E-state index in [1.165, 1.54) is 25.7 Å². The Bertz CT molecular complexity index is 267. The van der Waals surface area contributed by atoms with E-state index in [9.17, 15) is 4.79 Å². The number of hydrogen-bond donors (Lipinski definition) is 0. The fourth-order valence-corrected chi connectivity index (χ4v) is 3.06. The van der Waals surface area contributed by atoms with Crippen molar-refractivity contribution in [1.82, 2.24) is 14.7 Å². The Morgan fingerprint density at radius 1 is 0.842 bits per heavy atom. The second kappa shape index (κ2) is 7.85. The molecule has 1 amide bonds. The second-order valence-electron chi connectivity index (χ2n) is 5.82. The van der Waals surface area contributed by atoms with Crippen molar-refractivity contribution in [1.29, 1.82) is 0 Å². The van der Waals surface area contributed by atoms with Gasteiger partial charge in [-0.1, -0.05) is 19.8 Å². The van der Waals surface area contributed by atoms with Crippen LogP contribution in [-0.2, 0) is 4.79 Å². The maximum Gasteiger partial charge on any atom is 0.223 e. The fourth-order valence-electron chi connectivity index (χ4n) is 3.06. The number of piperazine rings is 1. The lowest BCUT2D eigenvalue weighted by molar-refractivity contribution is -0.131. The van der Waals surface area contributed by atoms with Crippen LogP contribution in [-0.4, -0.2) is 73.0 Å². The van der Waals surface area contributed by atoms with Crippen molar-refractivity contribution in [2.45, 2.75) is 39.0 Å². The van der Waals surface area contributed by atoms with E-state index in [0.717, 1.165) is 52.4 Å². The van der Waals surface area contributed by atoms with E-state index < -0.39 is 0 Å². The highest BCUT2D eigenvalue weighted by atomic mass is 16.2. The van der Waals surface area contributed by atoms with Crippen molar-refractivity contribution < 1.29 is 4.79 Å². The van der Waals surface area contributed by atoms with Crippen LogP contribution < -0.4 is 0 Å². The maximum absolute atomic E-state index is 12.2. The summed E-state index contributed by atoms with van der Waals surface area (Å²) in [6, 6.07) is 0. The number of rotatable bonds is 4. The molecule has 0 aromatic carbocycles. The van der Waals surface area contributed by atoms with Crippen LogP contribution in [0.15, 0.2) is 0 Å². The van der Waals surface area contributed by atoms with Gasteiger partial charge in [0, 0.05) is 52.2 Å². The molecule has 0 aromatic heterocycles. The van der Waals surface area contributed by atoms with Crippen LogP contribution in [0.3, 0.4) is 0 Å². The average molecular weight is 267 g/mol. The average Bonchev–Trinajstić information content (AvgIpc) is 2.74. The number of amides is 1. The van der Waals surface area contributed by atoms with Crippen LogP contribution in [0.25, 0.3) is 0 Å². The summed E-state index contributed by atoms with van der Waals surface area (Å²) in [7, 11) is 0. The normalized spacial score (nSPS) is 23.3. The van der Waals surface area contributed by atoms with E-state index in [1.807, 2.05) is 0 Å². The van der Waals surface area contributed by atoms with Crippen molar-refractivity contribution in [3.63, 3.8) is 0 Å². The third-order valence-corrected chi connectivity index (χ3v) is 4.51. The molecule has 0 saturated carbocycles. The van der Waals surface area contributed by atoms with Crippen LogP contribution in [0, 0.1) is 0 Å². The van der Waals surface area contributed by atoms with Crippen LogP contribution in [0.2, 0.25) is 0 Å². The molecular formula is C15H29N3O. The van der Waals surface area contributed by atoms with Gasteiger partial charge in [0.1, 0.15) is 0 Å². The third kappa shape index (κ3) is 4.77. The van der Waals surface area contributed by atoms with Gasteiger partial charge in [0.2, 0.25) is 5.91 Å². The molecule has 2 rings (SSSR count). The van der Waals surface area contributed by atoms with Crippen molar-refractivity contribution in [3.05, 3.63) is 0 Å². The molecule has 4 heteroatoms. The summed E-state index contributed by atoms with van der Waals surface area (Å²) in [5, 5.41) is 0. The molecule has 2 aliphatic heterocycles. The summed E-state index contributed by atoms with van der Waals surface area (Å²) in [5.74, 6) is 0.375. The van der Waals surface area contributed by atoms with Gasteiger partial charge in [-0.2, -0.15) is 0 Å². The molecule has 4 nitrogen and oxygen atoms in total. The standard InChI is InChI=1S/C15H29N3O/c1-2-16-11-13-17(14-12-16)10-7-15(19)18-8-5-3-4-6-9-18/h2-14H2,1H3. The molecule has 0 spiro atoms. The molecule has 19 heavy (non-hydrogen) atoms. The van der Waals surface area contributed by atoms with Gasteiger partial charge in [-0.05, 0) is 19.4 Å². The zero-order chi connectivity index (χ0) is 13.5. The summed E-state index contributed by atoms with van der Waals surface area (Å²) in [6.45, 7) is 10.9. The third-order valence-electron chi connectivity index (χ3n) is 4.51. The van der Waals surface area contributed by atoms with Crippen LogP contribution >= 0.6 is 0 Å². The molecule has 2 fully saturated rings. The number of likely N-dealkylation sites (tertiary alicyclic amines) is 1. The van der Waals surface area contributed by atoms with Gasteiger partial charge in [0.25, 0.3) is 0 Å². The Morgan fingerprint density at radius 2 is 1.42 bits per heavy atom. The van der Waals surface area contributed by atoms with Crippen LogP contribution in [0.4, 0.5) is 0 Å². The summed E-state index contributed by atoms with van der Waals surface area (Å²) >= 11 is 0. The molecule has 0 unspecified atom stereocenters. The first-order chi connectivity index (χ1) is 9.29. The monoisotopic (exact) mass is 267 g/mol. The summed E-state index contributed by atoms with van der Waals surface area (Å²) in [6.07, 6.45) is 5.69. The minimum absolute atomic E-state index is 0.375. The minimum atomic E-state index is 0.375. The minimum Gasteiger partial charge on any atom is -0.343 e. The van der Waals surface area contributed by atoms with Gasteiger partial charge in [0.15, 0.2) is 0 Å². The predicted octanol–water partition coefficient (Wildman–Crippen LogP) is 1.42. The Hall–Kier alpha value is -0.610. The molecule has 2 heterocycles. The Balaban J connectivity index is 1.65. The molecule has 0 aliphatic carbocycles. The molecule has 2 aliphatic rings. The highest BCUT2D eigenvalue weighted by Crippen LogP contribution is 2.11. The van der Waals surface area contributed by atoms with E-state index in [2.05, 4.69) is 21.6 Å². The number of hydrogen-bond acceptors (Lipinski definition) is 3. The quantitative estimate of drug-likeness (QED) is 0.771. The van der Waals surface area contributed by atoms with Gasteiger partial charge in [-0.3, -0.25) is 4.79 Å². The van der Waals surface area contributed by atoms with Gasteiger partial charge < -0.3 is 14.7 Å². The lowest BCUT2D eigenvalue weighted by Gasteiger charge is -2.34. The summed E-state index contributed by atoms with van der Waals surface area (Å²) < 4.78 is 0. The molecule has 0 aromatic rings. The van der Waals surface area contributed by atoms with E-state index >= 15 is 0 Å². The Kier molecular flexibility index (Phi) is 6.11. The molecule has 0 radical (unpaired) electrons. The van der Waals surface area contributed by atoms with E-state index in [1.54, 1.807) is 0 Å². The van der Waals surface area contributed by atoms with Crippen molar-refractivity contribution >= 4 is 5.91 Å². The highest BCUT2D eigenvalue weighted by molar-refractivity contribution is 5.76. The number of likely N-dealkylation sites (N-methyl/N-ethyl adjacent to an activating group) is 1. The first-order valence-corrected chi connectivity index (χ1v) is 8.02. The molecular weight excluding hydrogens is 238 g/mol. The van der Waals surface area contributed by atoms with E-state index in [4.69, 9.17) is 0 Å². The first-order valence-electron chi connectivity index (χ1n) is 8.02. The van der Waals surface area contributed by atoms with Gasteiger partial charge in [-0.25, -0.2) is 0 Å². The first kappa shape index (κ1) is 14.8. The number of carbonyl (C=O) groups is 1. The van der Waals surface area contributed by atoms with Crippen LogP contribution in [0.5, 0.6) is 0 Å². The molecule has 0 N–H and O–H groups in total. The van der Waals surface area contributed by atoms with Gasteiger partial charge >= 0.3 is 0 Å². The van der Waals surface area contributed by atoms with Gasteiger partial charge in [0.05, 0.1) is 0 Å². The maximum atomic E-state index is 12.2. The topological polar surface area (TPSA) is 26.8 Å². The highest BCUT2D eigenvalue weighted by Gasteiger charge is 2.19. The van der Waals surface area contributed by atoms with Crippen molar-refractivity contribution in [2.24, 2.45) is 0 Å². The molecule has 110 valence electrons. The van der Waals surface area contributed by atoms with Gasteiger partial charge in [-0.15, -0.1) is 0 Å². The second-order valence-corrected chi connectivity index (χ2v) is 5.82. The fraction of sp³-hybridized carbons (Fsp3) is 0.933. The largest absolute Gasteiger partial charge is 0.343 e. The van der Waals surface area contributed by atoms with Crippen LogP contribution in [0.1, 0.15) is 39.0 Å².